The van der Waals surface area contributed by atoms with Gasteiger partial charge in [-0.2, -0.15) is 0 Å². The number of carbonyl (C=O) groups excluding carboxylic acids is 2. The number of nitrogens with one attached hydrogen (secondary N) is 2. The zero-order valence-electron chi connectivity index (χ0n) is 16.7. The van der Waals surface area contributed by atoms with Crippen molar-refractivity contribution < 1.29 is 31.5 Å². The standard InChI is InChI=1S/C21H20F2N2O5S/c1-3-30-20(26)18-17(11-31(28,29)14-7-4-12(2)5-8-14)24-21(27)25-19(18)13-6-9-15(22)16(23)10-13/h4-10,19H,3,11H2,1-2H3,(H2,24,25,27). The van der Waals surface area contributed by atoms with Crippen LogP contribution in [0.5, 0.6) is 0 Å². The second-order valence-corrected chi connectivity index (χ2v) is 8.88. The van der Waals surface area contributed by atoms with Crippen molar-refractivity contribution in [2.24, 2.45) is 0 Å². The molecule has 0 aliphatic carbocycles. The Morgan fingerprint density at radius 3 is 2.39 bits per heavy atom. The van der Waals surface area contributed by atoms with E-state index < -0.39 is 45.3 Å². The van der Waals surface area contributed by atoms with E-state index >= 15 is 0 Å². The van der Waals surface area contributed by atoms with Crippen LogP contribution < -0.4 is 10.6 Å². The number of rotatable bonds is 6. The Labute approximate surface area is 178 Å². The van der Waals surface area contributed by atoms with E-state index in [9.17, 15) is 26.8 Å². The van der Waals surface area contributed by atoms with E-state index in [-0.39, 0.29) is 28.3 Å². The molecule has 0 spiro atoms. The van der Waals surface area contributed by atoms with Crippen LogP contribution in [0.15, 0.2) is 58.6 Å². The lowest BCUT2D eigenvalue weighted by atomic mass is 9.95. The highest BCUT2D eigenvalue weighted by Gasteiger charge is 2.36. The number of carbonyl (C=O) groups is 2. The highest BCUT2D eigenvalue weighted by molar-refractivity contribution is 7.91. The molecule has 2 amide bonds. The number of benzene rings is 2. The fourth-order valence-corrected chi connectivity index (χ4v) is 4.47. The van der Waals surface area contributed by atoms with Gasteiger partial charge in [-0.25, -0.2) is 26.8 Å². The molecule has 0 saturated heterocycles. The topological polar surface area (TPSA) is 102 Å². The van der Waals surface area contributed by atoms with Gasteiger partial charge in [-0.3, -0.25) is 0 Å². The largest absolute Gasteiger partial charge is 0.463 e. The SMILES string of the molecule is CCOC(=O)C1=C(CS(=O)(=O)c2ccc(C)cc2)NC(=O)NC1c1ccc(F)c(F)c1. The number of esters is 1. The first kappa shape index (κ1) is 22.4. The molecular formula is C21H20F2N2O5S. The molecule has 0 bridgehead atoms. The molecule has 2 aromatic carbocycles. The summed E-state index contributed by atoms with van der Waals surface area (Å²) >= 11 is 0. The van der Waals surface area contributed by atoms with E-state index in [1.807, 2.05) is 0 Å². The van der Waals surface area contributed by atoms with E-state index in [0.29, 0.717) is 0 Å². The molecule has 0 radical (unpaired) electrons. The lowest BCUT2D eigenvalue weighted by Gasteiger charge is -2.29. The average molecular weight is 450 g/mol. The molecule has 1 aliphatic rings. The molecule has 0 aromatic heterocycles. The Morgan fingerprint density at radius 2 is 1.77 bits per heavy atom. The maximum absolute atomic E-state index is 13.8. The molecule has 7 nitrogen and oxygen atoms in total. The lowest BCUT2D eigenvalue weighted by Crippen LogP contribution is -2.47. The number of ether oxygens (including phenoxy) is 1. The Kier molecular flexibility index (Phi) is 6.40. The van der Waals surface area contributed by atoms with Crippen LogP contribution in [0.2, 0.25) is 0 Å². The number of aryl methyl sites for hydroxylation is 1. The summed E-state index contributed by atoms with van der Waals surface area (Å²) in [6.45, 7) is 3.35. The zero-order chi connectivity index (χ0) is 22.8. The fourth-order valence-electron chi connectivity index (χ4n) is 3.14. The molecule has 1 atom stereocenters. The predicted molar refractivity (Wildman–Crippen MR) is 108 cm³/mol. The summed E-state index contributed by atoms with van der Waals surface area (Å²) in [4.78, 5) is 24.9. The fraction of sp³-hybridized carbons (Fsp3) is 0.238. The van der Waals surface area contributed by atoms with Crippen molar-refractivity contribution in [3.8, 4) is 0 Å². The van der Waals surface area contributed by atoms with Crippen LogP contribution in [-0.2, 0) is 19.4 Å². The van der Waals surface area contributed by atoms with Crippen molar-refractivity contribution >= 4 is 21.8 Å². The third-order valence-electron chi connectivity index (χ3n) is 4.64. The third kappa shape index (κ3) is 4.91. The highest BCUT2D eigenvalue weighted by atomic mass is 32.2. The van der Waals surface area contributed by atoms with Crippen molar-refractivity contribution in [2.75, 3.05) is 12.4 Å². The summed E-state index contributed by atoms with van der Waals surface area (Å²) in [7, 11) is -3.94. The molecule has 2 N–H and O–H groups in total. The molecule has 3 rings (SSSR count). The van der Waals surface area contributed by atoms with Gasteiger partial charge < -0.3 is 15.4 Å². The Bertz CT molecular complexity index is 1160. The number of halogens is 2. The molecule has 1 unspecified atom stereocenters. The summed E-state index contributed by atoms with van der Waals surface area (Å²) in [5.41, 5.74) is 0.515. The van der Waals surface area contributed by atoms with Crippen LogP contribution in [0.1, 0.15) is 24.1 Å². The molecule has 10 heteroatoms. The van der Waals surface area contributed by atoms with Gasteiger partial charge >= 0.3 is 12.0 Å². The van der Waals surface area contributed by atoms with Crippen LogP contribution in [0.25, 0.3) is 0 Å². The first-order valence-electron chi connectivity index (χ1n) is 9.34. The van der Waals surface area contributed by atoms with Gasteiger partial charge in [0, 0.05) is 5.70 Å². The third-order valence-corrected chi connectivity index (χ3v) is 6.30. The molecule has 0 fully saturated rings. The van der Waals surface area contributed by atoms with Gasteiger partial charge in [-0.1, -0.05) is 23.8 Å². The molecule has 164 valence electrons. The van der Waals surface area contributed by atoms with Crippen molar-refractivity contribution in [1.29, 1.82) is 0 Å². The van der Waals surface area contributed by atoms with Crippen LogP contribution in [0.4, 0.5) is 13.6 Å². The summed E-state index contributed by atoms with van der Waals surface area (Å²) in [6.07, 6.45) is 0. The summed E-state index contributed by atoms with van der Waals surface area (Å²) < 4.78 is 58.1. The van der Waals surface area contributed by atoms with E-state index in [1.165, 1.54) is 18.2 Å². The number of amides is 2. The number of sulfone groups is 1. The number of urea groups is 1. The summed E-state index contributed by atoms with van der Waals surface area (Å²) in [5, 5.41) is 4.79. The van der Waals surface area contributed by atoms with Crippen molar-refractivity contribution in [3.05, 3.63) is 76.5 Å². The van der Waals surface area contributed by atoms with E-state index in [0.717, 1.165) is 17.7 Å². The van der Waals surface area contributed by atoms with E-state index in [1.54, 1.807) is 26.0 Å². The van der Waals surface area contributed by atoms with Gasteiger partial charge in [0.2, 0.25) is 0 Å². The average Bonchev–Trinajstić information content (AvgIpc) is 2.69. The second kappa shape index (κ2) is 8.84. The second-order valence-electron chi connectivity index (χ2n) is 6.89. The van der Waals surface area contributed by atoms with Crippen LogP contribution in [0.3, 0.4) is 0 Å². The minimum atomic E-state index is -3.94. The Balaban J connectivity index is 2.11. The Hall–Kier alpha value is -3.27. The monoisotopic (exact) mass is 450 g/mol. The van der Waals surface area contributed by atoms with Crippen LogP contribution in [0, 0.1) is 18.6 Å². The minimum absolute atomic E-state index is 0.00553. The van der Waals surface area contributed by atoms with Crippen molar-refractivity contribution in [1.82, 2.24) is 10.6 Å². The quantitative estimate of drug-likeness (QED) is 0.659. The van der Waals surface area contributed by atoms with Crippen LogP contribution >= 0.6 is 0 Å². The normalized spacial score (nSPS) is 16.5. The minimum Gasteiger partial charge on any atom is -0.463 e. The maximum Gasteiger partial charge on any atom is 0.338 e. The van der Waals surface area contributed by atoms with Crippen molar-refractivity contribution in [2.45, 2.75) is 24.8 Å². The Morgan fingerprint density at radius 1 is 1.10 bits per heavy atom. The van der Waals surface area contributed by atoms with Gasteiger partial charge in [0.25, 0.3) is 0 Å². The van der Waals surface area contributed by atoms with Crippen molar-refractivity contribution in [3.63, 3.8) is 0 Å². The highest BCUT2D eigenvalue weighted by Crippen LogP contribution is 2.30. The van der Waals surface area contributed by atoms with Gasteiger partial charge in [0.05, 0.1) is 28.9 Å². The number of hydrogen-bond donors (Lipinski definition) is 2. The lowest BCUT2D eigenvalue weighted by molar-refractivity contribution is -0.139. The van der Waals surface area contributed by atoms with Crippen LogP contribution in [-0.4, -0.2) is 32.8 Å². The van der Waals surface area contributed by atoms with Gasteiger partial charge in [-0.05, 0) is 43.7 Å². The van der Waals surface area contributed by atoms with E-state index in [2.05, 4.69) is 10.6 Å². The summed E-state index contributed by atoms with van der Waals surface area (Å²) in [6, 6.07) is 6.94. The van der Waals surface area contributed by atoms with Gasteiger partial charge in [0.15, 0.2) is 21.5 Å². The molecule has 31 heavy (non-hydrogen) atoms. The predicted octanol–water partition coefficient (Wildman–Crippen LogP) is 2.92. The first-order chi connectivity index (χ1) is 14.6. The smallest absolute Gasteiger partial charge is 0.338 e. The van der Waals surface area contributed by atoms with Gasteiger partial charge in [0.1, 0.15) is 0 Å². The molecule has 2 aromatic rings. The molecular weight excluding hydrogens is 430 g/mol. The molecule has 1 aliphatic heterocycles. The maximum atomic E-state index is 13.8. The molecule has 1 heterocycles. The zero-order valence-corrected chi connectivity index (χ0v) is 17.6. The first-order valence-corrected chi connectivity index (χ1v) is 11.0. The summed E-state index contributed by atoms with van der Waals surface area (Å²) in [5.74, 6) is -3.87. The van der Waals surface area contributed by atoms with E-state index in [4.69, 9.17) is 4.74 Å². The number of hydrogen-bond acceptors (Lipinski definition) is 5. The van der Waals surface area contributed by atoms with Gasteiger partial charge in [-0.15, -0.1) is 0 Å². The molecule has 0 saturated carbocycles.